The number of benzene rings is 2. The molecule has 0 atom stereocenters. The molecule has 1 aliphatic heterocycles. The van der Waals surface area contributed by atoms with Crippen molar-refractivity contribution in [3.05, 3.63) is 65.2 Å². The molecule has 0 unspecified atom stereocenters. The smallest absolute Gasteiger partial charge is 0.253 e. The highest BCUT2D eigenvalue weighted by Gasteiger charge is 2.15. The molecule has 1 saturated heterocycles. The molecule has 0 saturated carbocycles. The Hall–Kier alpha value is -2.38. The summed E-state index contributed by atoms with van der Waals surface area (Å²) in [5.74, 6) is -0.357. The van der Waals surface area contributed by atoms with Gasteiger partial charge in [0.15, 0.2) is 0 Å². The second kappa shape index (κ2) is 9.89. The Bertz CT molecular complexity index is 921. The van der Waals surface area contributed by atoms with E-state index in [1.807, 2.05) is 12.1 Å². The Morgan fingerprint density at radius 1 is 0.966 bits per heavy atom. The van der Waals surface area contributed by atoms with Gasteiger partial charge in [0.25, 0.3) is 5.91 Å². The van der Waals surface area contributed by atoms with Crippen LogP contribution in [0.25, 0.3) is 0 Å². The zero-order chi connectivity index (χ0) is 20.7. The van der Waals surface area contributed by atoms with Gasteiger partial charge in [0, 0.05) is 13.1 Å². The second-order valence-electron chi connectivity index (χ2n) is 7.39. The fourth-order valence-corrected chi connectivity index (χ4v) is 4.08. The molecular formula is C22H29N3O3S. The molecule has 2 aromatic carbocycles. The van der Waals surface area contributed by atoms with Gasteiger partial charge in [-0.3, -0.25) is 14.4 Å². The summed E-state index contributed by atoms with van der Waals surface area (Å²) in [5, 5.41) is 2.88. The molecule has 0 aromatic heterocycles. The lowest BCUT2D eigenvalue weighted by Crippen LogP contribution is -2.29. The van der Waals surface area contributed by atoms with Crippen LogP contribution < -0.4 is 10.0 Å². The van der Waals surface area contributed by atoms with Crippen molar-refractivity contribution in [3.63, 3.8) is 0 Å². The van der Waals surface area contributed by atoms with E-state index >= 15 is 0 Å². The van der Waals surface area contributed by atoms with Crippen LogP contribution in [-0.4, -0.2) is 38.1 Å². The highest BCUT2D eigenvalue weighted by Crippen LogP contribution is 2.17. The first kappa shape index (κ1) is 21.3. The minimum Gasteiger partial charge on any atom is -0.348 e. The number of piperidine rings is 1. The van der Waals surface area contributed by atoms with Crippen LogP contribution in [0.15, 0.2) is 48.5 Å². The molecule has 6 nitrogen and oxygen atoms in total. The maximum atomic E-state index is 12.6. The average Bonchev–Trinajstić information content (AvgIpc) is 2.74. The summed E-state index contributed by atoms with van der Waals surface area (Å²) in [5.41, 5.74) is 2.89. The zero-order valence-corrected chi connectivity index (χ0v) is 17.7. The molecule has 1 amide bonds. The number of carbonyl (C=O) groups is 1. The van der Waals surface area contributed by atoms with Gasteiger partial charge in [-0.05, 0) is 56.1 Å². The van der Waals surface area contributed by atoms with E-state index in [-0.39, 0.29) is 11.7 Å². The lowest BCUT2D eigenvalue weighted by atomic mass is 10.1. The van der Waals surface area contributed by atoms with Crippen molar-refractivity contribution in [2.45, 2.75) is 39.3 Å². The van der Waals surface area contributed by atoms with Crippen LogP contribution in [0.4, 0.5) is 5.69 Å². The van der Waals surface area contributed by atoms with Gasteiger partial charge in [0.1, 0.15) is 0 Å². The monoisotopic (exact) mass is 415 g/mol. The van der Waals surface area contributed by atoms with E-state index in [1.165, 1.54) is 37.9 Å². The summed E-state index contributed by atoms with van der Waals surface area (Å²) in [6.45, 7) is 5.24. The average molecular weight is 416 g/mol. The largest absolute Gasteiger partial charge is 0.348 e. The summed E-state index contributed by atoms with van der Waals surface area (Å²) in [6, 6.07) is 14.9. The van der Waals surface area contributed by atoms with Gasteiger partial charge in [-0.2, -0.15) is 0 Å². The van der Waals surface area contributed by atoms with Crippen LogP contribution >= 0.6 is 0 Å². The molecule has 7 heteroatoms. The van der Waals surface area contributed by atoms with E-state index in [9.17, 15) is 13.2 Å². The van der Waals surface area contributed by atoms with E-state index < -0.39 is 10.0 Å². The summed E-state index contributed by atoms with van der Waals surface area (Å²) >= 11 is 0. The Labute approximate surface area is 173 Å². The first-order chi connectivity index (χ1) is 14.0. The number of hydrogen-bond donors (Lipinski definition) is 2. The highest BCUT2D eigenvalue weighted by atomic mass is 32.2. The molecular weight excluding hydrogens is 386 g/mol. The minimum atomic E-state index is -3.45. The van der Waals surface area contributed by atoms with Gasteiger partial charge in [-0.1, -0.05) is 42.8 Å². The molecule has 0 aliphatic carbocycles. The number of nitrogens with zero attached hydrogens (tertiary/aromatic N) is 1. The van der Waals surface area contributed by atoms with Gasteiger partial charge >= 0.3 is 0 Å². The first-order valence-electron chi connectivity index (χ1n) is 10.1. The van der Waals surface area contributed by atoms with Crippen LogP contribution in [-0.2, 0) is 23.1 Å². The summed E-state index contributed by atoms with van der Waals surface area (Å²) in [6.07, 6.45) is 3.89. The molecule has 1 fully saturated rings. The molecule has 2 aromatic rings. The predicted molar refractivity (Wildman–Crippen MR) is 116 cm³/mol. The third-order valence-corrected chi connectivity index (χ3v) is 6.44. The standard InChI is InChI=1S/C22H29N3O3S/c1-2-29(27,28)24-21-9-5-4-8-20(21)22(26)23-16-18-10-12-19(13-11-18)17-25-14-6-3-7-15-25/h4-5,8-13,24H,2-3,6-7,14-17H2,1H3,(H,23,26). The summed E-state index contributed by atoms with van der Waals surface area (Å²) in [7, 11) is -3.45. The SMILES string of the molecule is CCS(=O)(=O)Nc1ccccc1C(=O)NCc1ccc(CN2CCCCC2)cc1. The molecule has 2 N–H and O–H groups in total. The molecule has 0 spiro atoms. The second-order valence-corrected chi connectivity index (χ2v) is 9.40. The molecule has 1 heterocycles. The molecule has 0 bridgehead atoms. The summed E-state index contributed by atoms with van der Waals surface area (Å²) in [4.78, 5) is 15.1. The number of anilines is 1. The Balaban J connectivity index is 1.58. The van der Waals surface area contributed by atoms with Crippen LogP contribution in [0.1, 0.15) is 47.7 Å². The van der Waals surface area contributed by atoms with Crippen molar-refractivity contribution in [1.29, 1.82) is 0 Å². The van der Waals surface area contributed by atoms with Crippen molar-refractivity contribution in [3.8, 4) is 0 Å². The van der Waals surface area contributed by atoms with Crippen molar-refractivity contribution in [2.24, 2.45) is 0 Å². The van der Waals surface area contributed by atoms with Crippen LogP contribution in [0.5, 0.6) is 0 Å². The van der Waals surface area contributed by atoms with Crippen molar-refractivity contribution < 1.29 is 13.2 Å². The number of carbonyl (C=O) groups excluding carboxylic acids is 1. The maximum absolute atomic E-state index is 12.6. The number of hydrogen-bond acceptors (Lipinski definition) is 4. The van der Waals surface area contributed by atoms with Gasteiger partial charge in [-0.25, -0.2) is 8.42 Å². The van der Waals surface area contributed by atoms with Gasteiger partial charge in [-0.15, -0.1) is 0 Å². The quantitative estimate of drug-likeness (QED) is 0.693. The minimum absolute atomic E-state index is 0.0489. The molecule has 156 valence electrons. The van der Waals surface area contributed by atoms with Crippen LogP contribution in [0, 0.1) is 0 Å². The number of rotatable bonds is 8. The Morgan fingerprint density at radius 3 is 2.31 bits per heavy atom. The van der Waals surface area contributed by atoms with E-state index in [4.69, 9.17) is 0 Å². The van der Waals surface area contributed by atoms with E-state index in [1.54, 1.807) is 31.2 Å². The third kappa shape index (κ3) is 6.30. The number of sulfonamides is 1. The first-order valence-corrected chi connectivity index (χ1v) is 11.8. The van der Waals surface area contributed by atoms with Crippen molar-refractivity contribution in [1.82, 2.24) is 10.2 Å². The van der Waals surface area contributed by atoms with Gasteiger partial charge < -0.3 is 5.32 Å². The topological polar surface area (TPSA) is 78.5 Å². The van der Waals surface area contributed by atoms with Gasteiger partial charge in [0.2, 0.25) is 10.0 Å². The maximum Gasteiger partial charge on any atom is 0.253 e. The predicted octanol–water partition coefficient (Wildman–Crippen LogP) is 3.36. The Kier molecular flexibility index (Phi) is 7.28. The number of nitrogens with one attached hydrogen (secondary N) is 2. The van der Waals surface area contributed by atoms with E-state index in [0.29, 0.717) is 17.8 Å². The highest BCUT2D eigenvalue weighted by molar-refractivity contribution is 7.92. The molecule has 29 heavy (non-hydrogen) atoms. The number of amides is 1. The molecule has 0 radical (unpaired) electrons. The molecule has 3 rings (SSSR count). The third-order valence-electron chi connectivity index (χ3n) is 5.15. The van der Waals surface area contributed by atoms with Crippen LogP contribution in [0.2, 0.25) is 0 Å². The molecule has 1 aliphatic rings. The lowest BCUT2D eigenvalue weighted by molar-refractivity contribution is 0.0952. The van der Waals surface area contributed by atoms with Crippen molar-refractivity contribution >= 4 is 21.6 Å². The Morgan fingerprint density at radius 2 is 1.62 bits per heavy atom. The van der Waals surface area contributed by atoms with Gasteiger partial charge in [0.05, 0.1) is 17.0 Å². The van der Waals surface area contributed by atoms with E-state index in [0.717, 1.165) is 12.1 Å². The fourth-order valence-electron chi connectivity index (χ4n) is 3.43. The van der Waals surface area contributed by atoms with E-state index in [2.05, 4.69) is 27.1 Å². The zero-order valence-electron chi connectivity index (χ0n) is 16.9. The summed E-state index contributed by atoms with van der Waals surface area (Å²) < 4.78 is 26.2. The normalized spacial score (nSPS) is 15.1. The number of para-hydroxylation sites is 1. The lowest BCUT2D eigenvalue weighted by Gasteiger charge is -2.26. The number of likely N-dealkylation sites (tertiary alicyclic amines) is 1. The fraction of sp³-hybridized carbons (Fsp3) is 0.409. The van der Waals surface area contributed by atoms with Crippen LogP contribution in [0.3, 0.4) is 0 Å². The van der Waals surface area contributed by atoms with Crippen molar-refractivity contribution in [2.75, 3.05) is 23.6 Å².